The minimum absolute atomic E-state index is 0.0664. The first kappa shape index (κ1) is 17.2. The van der Waals surface area contributed by atoms with E-state index in [1.807, 2.05) is 6.92 Å². The third kappa shape index (κ3) is 6.09. The van der Waals surface area contributed by atoms with Gasteiger partial charge >= 0.3 is 6.03 Å². The molecule has 1 fully saturated rings. The number of carbonyl (C=O) groups is 1. The number of nitrogens with zero attached hydrogens (tertiary/aromatic N) is 2. The number of urea groups is 1. The molecule has 1 rings (SSSR count). The Labute approximate surface area is 123 Å². The highest BCUT2D eigenvalue weighted by Crippen LogP contribution is 2.15. The molecule has 5 heteroatoms. The maximum absolute atomic E-state index is 12.1. The summed E-state index contributed by atoms with van der Waals surface area (Å²) in [4.78, 5) is 16.2. The molecule has 1 heterocycles. The number of amides is 2. The third-order valence-electron chi connectivity index (χ3n) is 3.84. The number of aliphatic hydroxyl groups is 1. The number of likely N-dealkylation sites (tertiary alicyclic amines) is 1. The Balaban J connectivity index is 2.37. The van der Waals surface area contributed by atoms with E-state index >= 15 is 0 Å². The minimum atomic E-state index is -0.850. The highest BCUT2D eigenvalue weighted by Gasteiger charge is 2.23. The van der Waals surface area contributed by atoms with Crippen LogP contribution in [0.3, 0.4) is 0 Å². The van der Waals surface area contributed by atoms with E-state index in [0.29, 0.717) is 19.0 Å². The van der Waals surface area contributed by atoms with E-state index in [0.717, 1.165) is 19.6 Å². The van der Waals surface area contributed by atoms with Gasteiger partial charge in [-0.05, 0) is 52.6 Å². The van der Waals surface area contributed by atoms with Crippen LogP contribution in [0.2, 0.25) is 0 Å². The third-order valence-corrected chi connectivity index (χ3v) is 3.84. The summed E-state index contributed by atoms with van der Waals surface area (Å²) in [5.74, 6) is 0.550. The molecule has 0 aliphatic carbocycles. The topological polar surface area (TPSA) is 55.8 Å². The number of rotatable bonds is 6. The Hall–Kier alpha value is -0.810. The van der Waals surface area contributed by atoms with Gasteiger partial charge in [-0.15, -0.1) is 0 Å². The van der Waals surface area contributed by atoms with E-state index in [9.17, 15) is 9.90 Å². The van der Waals surface area contributed by atoms with Gasteiger partial charge in [0.15, 0.2) is 0 Å². The van der Waals surface area contributed by atoms with Crippen molar-refractivity contribution in [3.8, 4) is 0 Å². The molecule has 2 N–H and O–H groups in total. The van der Waals surface area contributed by atoms with Crippen molar-refractivity contribution in [1.82, 2.24) is 15.1 Å². The van der Waals surface area contributed by atoms with Crippen molar-refractivity contribution in [3.05, 3.63) is 0 Å². The lowest BCUT2D eigenvalue weighted by atomic mass is 9.98. The average Bonchev–Trinajstić information content (AvgIpc) is 2.41. The summed E-state index contributed by atoms with van der Waals surface area (Å²) < 4.78 is 0. The van der Waals surface area contributed by atoms with Gasteiger partial charge in [-0.2, -0.15) is 0 Å². The maximum atomic E-state index is 12.1. The second kappa shape index (κ2) is 7.84. The average molecular weight is 285 g/mol. The molecule has 1 saturated heterocycles. The van der Waals surface area contributed by atoms with Gasteiger partial charge in [-0.3, -0.25) is 0 Å². The first-order valence-electron chi connectivity index (χ1n) is 7.83. The second-order valence-corrected chi connectivity index (χ2v) is 6.41. The highest BCUT2D eigenvalue weighted by molar-refractivity contribution is 5.74. The van der Waals surface area contributed by atoms with E-state index in [1.54, 1.807) is 18.7 Å². The van der Waals surface area contributed by atoms with Crippen LogP contribution in [-0.2, 0) is 0 Å². The van der Waals surface area contributed by atoms with E-state index in [1.165, 1.54) is 19.4 Å². The molecule has 0 aromatic heterocycles. The molecule has 1 atom stereocenters. The zero-order valence-corrected chi connectivity index (χ0v) is 13.5. The number of carbonyl (C=O) groups excluding carboxylic acids is 1. The van der Waals surface area contributed by atoms with Crippen LogP contribution in [0.5, 0.6) is 0 Å². The quantitative estimate of drug-likeness (QED) is 0.778. The molecule has 118 valence electrons. The molecule has 1 aliphatic rings. The molecule has 0 aromatic carbocycles. The summed E-state index contributed by atoms with van der Waals surface area (Å²) in [6.07, 6.45) is 2.41. The van der Waals surface area contributed by atoms with Crippen molar-refractivity contribution in [2.75, 3.05) is 39.3 Å². The normalized spacial score (nSPS) is 20.8. The highest BCUT2D eigenvalue weighted by atomic mass is 16.3. The molecule has 0 bridgehead atoms. The summed E-state index contributed by atoms with van der Waals surface area (Å²) in [5, 5.41) is 12.8. The van der Waals surface area contributed by atoms with Crippen molar-refractivity contribution in [2.24, 2.45) is 5.92 Å². The fourth-order valence-electron chi connectivity index (χ4n) is 2.74. The first-order valence-corrected chi connectivity index (χ1v) is 7.83. The van der Waals surface area contributed by atoms with E-state index in [2.05, 4.69) is 17.1 Å². The van der Waals surface area contributed by atoms with Gasteiger partial charge in [0.25, 0.3) is 0 Å². The van der Waals surface area contributed by atoms with Gasteiger partial charge in [0.05, 0.1) is 12.1 Å². The molecule has 0 saturated carbocycles. The van der Waals surface area contributed by atoms with Crippen LogP contribution < -0.4 is 5.32 Å². The number of hydrogen-bond donors (Lipinski definition) is 2. The Morgan fingerprint density at radius 3 is 2.70 bits per heavy atom. The molecule has 5 nitrogen and oxygen atoms in total. The van der Waals surface area contributed by atoms with E-state index in [4.69, 9.17) is 0 Å². The summed E-state index contributed by atoms with van der Waals surface area (Å²) in [5.41, 5.74) is -0.850. The fourth-order valence-corrected chi connectivity index (χ4v) is 2.74. The maximum Gasteiger partial charge on any atom is 0.317 e. The van der Waals surface area contributed by atoms with E-state index in [-0.39, 0.29) is 6.03 Å². The van der Waals surface area contributed by atoms with Gasteiger partial charge in [0.2, 0.25) is 0 Å². The van der Waals surface area contributed by atoms with Crippen molar-refractivity contribution in [3.63, 3.8) is 0 Å². The van der Waals surface area contributed by atoms with Crippen LogP contribution >= 0.6 is 0 Å². The lowest BCUT2D eigenvalue weighted by Gasteiger charge is -2.33. The SMILES string of the molecule is CCN1CCCC(CNC(=O)N(CC)CC(C)(C)O)C1. The molecule has 0 spiro atoms. The van der Waals surface area contributed by atoms with Crippen LogP contribution in [0.1, 0.15) is 40.5 Å². The van der Waals surface area contributed by atoms with Crippen LogP contribution in [-0.4, -0.2) is 65.8 Å². The molecule has 0 radical (unpaired) electrons. The standard InChI is InChI=1S/C15H31N3O2/c1-5-17-9-7-8-13(11-17)10-16-14(19)18(6-2)12-15(3,4)20/h13,20H,5-12H2,1-4H3,(H,16,19). The van der Waals surface area contributed by atoms with E-state index < -0.39 is 5.60 Å². The van der Waals surface area contributed by atoms with Gasteiger partial charge in [0.1, 0.15) is 0 Å². The smallest absolute Gasteiger partial charge is 0.317 e. The van der Waals surface area contributed by atoms with Crippen LogP contribution in [0.25, 0.3) is 0 Å². The predicted molar refractivity (Wildman–Crippen MR) is 81.8 cm³/mol. The number of hydrogen-bond acceptors (Lipinski definition) is 3. The summed E-state index contributed by atoms with van der Waals surface area (Å²) in [7, 11) is 0. The Kier molecular flexibility index (Phi) is 6.76. The molecule has 1 unspecified atom stereocenters. The first-order chi connectivity index (χ1) is 9.35. The van der Waals surface area contributed by atoms with Crippen molar-refractivity contribution in [1.29, 1.82) is 0 Å². The second-order valence-electron chi connectivity index (χ2n) is 6.41. The summed E-state index contributed by atoms with van der Waals surface area (Å²) >= 11 is 0. The van der Waals surface area contributed by atoms with Gasteiger partial charge in [-0.1, -0.05) is 6.92 Å². The lowest BCUT2D eigenvalue weighted by Crippen LogP contribution is -2.49. The fraction of sp³-hybridized carbons (Fsp3) is 0.933. The van der Waals surface area contributed by atoms with Gasteiger partial charge in [-0.25, -0.2) is 4.79 Å². The number of nitrogens with one attached hydrogen (secondary N) is 1. The lowest BCUT2D eigenvalue weighted by molar-refractivity contribution is 0.0477. The molecular weight excluding hydrogens is 254 g/mol. The van der Waals surface area contributed by atoms with Crippen molar-refractivity contribution >= 4 is 6.03 Å². The molecule has 0 aromatic rings. The number of piperidine rings is 1. The zero-order chi connectivity index (χ0) is 15.2. The summed E-state index contributed by atoms with van der Waals surface area (Å²) in [6.45, 7) is 12.6. The van der Waals surface area contributed by atoms with Crippen LogP contribution in [0.15, 0.2) is 0 Å². The molecule has 2 amide bonds. The molecule has 20 heavy (non-hydrogen) atoms. The van der Waals surface area contributed by atoms with Crippen molar-refractivity contribution in [2.45, 2.75) is 46.1 Å². The largest absolute Gasteiger partial charge is 0.389 e. The monoisotopic (exact) mass is 285 g/mol. The molecular formula is C15H31N3O2. The van der Waals surface area contributed by atoms with Crippen molar-refractivity contribution < 1.29 is 9.90 Å². The Morgan fingerprint density at radius 2 is 2.15 bits per heavy atom. The van der Waals surface area contributed by atoms with Gasteiger partial charge in [0, 0.05) is 19.6 Å². The minimum Gasteiger partial charge on any atom is -0.389 e. The Bertz CT molecular complexity index is 302. The molecule has 1 aliphatic heterocycles. The van der Waals surface area contributed by atoms with Gasteiger partial charge < -0.3 is 20.2 Å². The number of likely N-dealkylation sites (N-methyl/N-ethyl adjacent to an activating group) is 1. The zero-order valence-electron chi connectivity index (χ0n) is 13.5. The Morgan fingerprint density at radius 1 is 1.45 bits per heavy atom. The predicted octanol–water partition coefficient (Wildman–Crippen LogP) is 1.52. The van der Waals surface area contributed by atoms with Crippen LogP contribution in [0.4, 0.5) is 4.79 Å². The summed E-state index contributed by atoms with van der Waals surface area (Å²) in [6, 6.07) is -0.0664. The van der Waals surface area contributed by atoms with Crippen LogP contribution in [0, 0.1) is 5.92 Å².